The average molecular weight is 196 g/mol. The molecule has 1 aromatic rings. The van der Waals surface area contributed by atoms with E-state index in [-0.39, 0.29) is 0 Å². The highest BCUT2D eigenvalue weighted by Gasteiger charge is 2.06. The highest BCUT2D eigenvalue weighted by molar-refractivity contribution is 6.31. The molecule has 71 valence electrons. The molecule has 1 heteroatoms. The second kappa shape index (κ2) is 4.15. The van der Waals surface area contributed by atoms with Crippen LogP contribution in [0.4, 0.5) is 0 Å². The summed E-state index contributed by atoms with van der Waals surface area (Å²) in [4.78, 5) is 0. The van der Waals surface area contributed by atoms with Crippen LogP contribution in [-0.2, 0) is 0 Å². The summed E-state index contributed by atoms with van der Waals surface area (Å²) in [5.41, 5.74) is 2.42. The second-order valence-electron chi connectivity index (χ2n) is 3.84. The molecule has 13 heavy (non-hydrogen) atoms. The summed E-state index contributed by atoms with van der Waals surface area (Å²) in [6, 6.07) is 6.23. The first kappa shape index (κ1) is 10.6. The van der Waals surface area contributed by atoms with Gasteiger partial charge in [0, 0.05) is 5.02 Å². The Morgan fingerprint density at radius 3 is 2.23 bits per heavy atom. The molecule has 0 nitrogen and oxygen atoms in total. The third-order valence-corrected chi connectivity index (χ3v) is 2.54. The molecule has 0 amide bonds. The van der Waals surface area contributed by atoms with E-state index < -0.39 is 0 Å². The second-order valence-corrected chi connectivity index (χ2v) is 4.24. The highest BCUT2D eigenvalue weighted by atomic mass is 35.5. The fourth-order valence-corrected chi connectivity index (χ4v) is 1.73. The van der Waals surface area contributed by atoms with Crippen molar-refractivity contribution < 1.29 is 0 Å². The van der Waals surface area contributed by atoms with Gasteiger partial charge in [-0.1, -0.05) is 44.5 Å². The van der Waals surface area contributed by atoms with Gasteiger partial charge in [-0.3, -0.25) is 0 Å². The van der Waals surface area contributed by atoms with Crippen LogP contribution in [0.2, 0.25) is 5.02 Å². The van der Waals surface area contributed by atoms with Crippen LogP contribution in [0, 0.1) is 6.92 Å². The van der Waals surface area contributed by atoms with Crippen molar-refractivity contribution in [2.45, 2.75) is 32.6 Å². The molecule has 0 saturated heterocycles. The number of hydrogen-bond acceptors (Lipinski definition) is 0. The van der Waals surface area contributed by atoms with Gasteiger partial charge in [0.2, 0.25) is 0 Å². The van der Waals surface area contributed by atoms with E-state index in [4.69, 9.17) is 11.6 Å². The first-order valence-electron chi connectivity index (χ1n) is 4.64. The molecule has 1 radical (unpaired) electrons. The maximum absolute atomic E-state index is 6.14. The van der Waals surface area contributed by atoms with Crippen molar-refractivity contribution in [3.05, 3.63) is 41.3 Å². The monoisotopic (exact) mass is 195 g/mol. The Hall–Kier alpha value is -0.490. The molecule has 0 aromatic heterocycles. The predicted octanol–water partition coefficient (Wildman–Crippen LogP) is 4.40. The van der Waals surface area contributed by atoms with Gasteiger partial charge in [0.15, 0.2) is 0 Å². The van der Waals surface area contributed by atoms with Crippen molar-refractivity contribution in [1.29, 1.82) is 0 Å². The summed E-state index contributed by atoms with van der Waals surface area (Å²) < 4.78 is 0. The normalized spacial score (nSPS) is 11.3. The summed E-state index contributed by atoms with van der Waals surface area (Å²) in [6.45, 7) is 10.3. The molecule has 1 aromatic carbocycles. The van der Waals surface area contributed by atoms with Gasteiger partial charge in [0.1, 0.15) is 0 Å². The Labute approximate surface area is 85.9 Å². The SMILES string of the molecule is [CH2]C(C)c1ccc(C(C)C)c(Cl)c1. The highest BCUT2D eigenvalue weighted by Crippen LogP contribution is 2.27. The minimum absolute atomic E-state index is 0.304. The maximum atomic E-state index is 6.14. The van der Waals surface area contributed by atoms with E-state index in [0.29, 0.717) is 11.8 Å². The van der Waals surface area contributed by atoms with Gasteiger partial charge in [0.25, 0.3) is 0 Å². The molecular weight excluding hydrogens is 180 g/mol. The van der Waals surface area contributed by atoms with E-state index >= 15 is 0 Å². The van der Waals surface area contributed by atoms with Gasteiger partial charge < -0.3 is 0 Å². The average Bonchev–Trinajstić information content (AvgIpc) is 2.03. The summed E-state index contributed by atoms with van der Waals surface area (Å²) in [5.74, 6) is 0.792. The molecule has 1 unspecified atom stereocenters. The smallest absolute Gasteiger partial charge is 0.0443 e. The number of halogens is 1. The van der Waals surface area contributed by atoms with Crippen molar-refractivity contribution >= 4 is 11.6 Å². The number of rotatable bonds is 2. The first-order chi connectivity index (χ1) is 6.02. The number of hydrogen-bond donors (Lipinski definition) is 0. The summed E-state index contributed by atoms with van der Waals surface area (Å²) in [7, 11) is 0. The van der Waals surface area contributed by atoms with Crippen molar-refractivity contribution in [3.63, 3.8) is 0 Å². The van der Waals surface area contributed by atoms with Crippen molar-refractivity contribution in [1.82, 2.24) is 0 Å². The molecule has 0 aliphatic heterocycles. The maximum Gasteiger partial charge on any atom is 0.0443 e. The van der Waals surface area contributed by atoms with E-state index in [1.54, 1.807) is 0 Å². The predicted molar refractivity (Wildman–Crippen MR) is 59.3 cm³/mol. The van der Waals surface area contributed by atoms with Crippen molar-refractivity contribution in [2.75, 3.05) is 0 Å². The first-order valence-corrected chi connectivity index (χ1v) is 5.02. The van der Waals surface area contributed by atoms with Crippen LogP contribution >= 0.6 is 11.6 Å². The Bertz CT molecular complexity index is 287. The van der Waals surface area contributed by atoms with E-state index in [2.05, 4.69) is 39.8 Å². The number of benzene rings is 1. The summed E-state index contributed by atoms with van der Waals surface area (Å²) in [5, 5.41) is 0.864. The molecule has 0 saturated carbocycles. The molecular formula is C12H16Cl. The molecule has 0 aliphatic carbocycles. The van der Waals surface area contributed by atoms with Gasteiger partial charge in [-0.2, -0.15) is 0 Å². The molecule has 0 bridgehead atoms. The summed E-state index contributed by atoms with van der Waals surface area (Å²) >= 11 is 6.14. The van der Waals surface area contributed by atoms with Crippen LogP contribution in [0.5, 0.6) is 0 Å². The van der Waals surface area contributed by atoms with E-state index in [1.165, 1.54) is 11.1 Å². The van der Waals surface area contributed by atoms with E-state index in [9.17, 15) is 0 Å². The molecule has 0 aliphatic rings. The minimum atomic E-state index is 0.304. The van der Waals surface area contributed by atoms with Crippen LogP contribution in [0.15, 0.2) is 18.2 Å². The minimum Gasteiger partial charge on any atom is -0.0840 e. The molecule has 1 rings (SSSR count). The van der Waals surface area contributed by atoms with Gasteiger partial charge >= 0.3 is 0 Å². The van der Waals surface area contributed by atoms with Crippen LogP contribution < -0.4 is 0 Å². The third-order valence-electron chi connectivity index (χ3n) is 2.22. The fraction of sp³-hybridized carbons (Fsp3) is 0.417. The topological polar surface area (TPSA) is 0 Å². The Morgan fingerprint density at radius 1 is 1.23 bits per heavy atom. The Morgan fingerprint density at radius 2 is 1.85 bits per heavy atom. The van der Waals surface area contributed by atoms with Crippen molar-refractivity contribution in [3.8, 4) is 0 Å². The zero-order valence-electron chi connectivity index (χ0n) is 8.47. The molecule has 0 fully saturated rings. The third kappa shape index (κ3) is 2.47. The molecule has 0 heterocycles. The molecule has 0 N–H and O–H groups in total. The van der Waals surface area contributed by atoms with Gasteiger partial charge in [0.05, 0.1) is 0 Å². The molecule has 0 spiro atoms. The standard InChI is InChI=1S/C12H16Cl/c1-8(2)10-5-6-11(9(3)4)12(13)7-10/h5-9H,1H2,2-4H3. The zero-order chi connectivity index (χ0) is 10.0. The van der Waals surface area contributed by atoms with E-state index in [1.807, 2.05) is 6.07 Å². The van der Waals surface area contributed by atoms with Crippen LogP contribution in [-0.4, -0.2) is 0 Å². The van der Waals surface area contributed by atoms with Gasteiger partial charge in [-0.25, -0.2) is 0 Å². The lowest BCUT2D eigenvalue weighted by Crippen LogP contribution is -1.92. The van der Waals surface area contributed by atoms with Crippen molar-refractivity contribution in [2.24, 2.45) is 0 Å². The Balaban J connectivity index is 3.06. The van der Waals surface area contributed by atoms with E-state index in [0.717, 1.165) is 5.02 Å². The van der Waals surface area contributed by atoms with Gasteiger partial charge in [-0.05, 0) is 36.0 Å². The Kier molecular flexibility index (Phi) is 3.38. The summed E-state index contributed by atoms with van der Waals surface area (Å²) in [6.07, 6.45) is 0. The lowest BCUT2D eigenvalue weighted by molar-refractivity contribution is 0.862. The van der Waals surface area contributed by atoms with Crippen LogP contribution in [0.1, 0.15) is 43.7 Å². The fourth-order valence-electron chi connectivity index (χ4n) is 1.32. The van der Waals surface area contributed by atoms with Crippen LogP contribution in [0.25, 0.3) is 0 Å². The largest absolute Gasteiger partial charge is 0.0840 e. The van der Waals surface area contributed by atoms with Gasteiger partial charge in [-0.15, -0.1) is 0 Å². The molecule has 1 atom stereocenters. The zero-order valence-corrected chi connectivity index (χ0v) is 9.23. The lowest BCUT2D eigenvalue weighted by atomic mass is 9.97. The van der Waals surface area contributed by atoms with Crippen LogP contribution in [0.3, 0.4) is 0 Å². The lowest BCUT2D eigenvalue weighted by Gasteiger charge is -2.11. The quantitative estimate of drug-likeness (QED) is 0.656.